The first kappa shape index (κ1) is 22.1. The van der Waals surface area contributed by atoms with Crippen molar-refractivity contribution in [2.45, 2.75) is 19.8 Å². The van der Waals surface area contributed by atoms with Crippen molar-refractivity contribution in [1.82, 2.24) is 10.2 Å². The van der Waals surface area contributed by atoms with Crippen LogP contribution in [-0.2, 0) is 4.79 Å². The number of piperidine rings is 1. The molecule has 0 bridgehead atoms. The Balaban J connectivity index is 0.00000338. The van der Waals surface area contributed by atoms with E-state index >= 15 is 0 Å². The third-order valence-corrected chi connectivity index (χ3v) is 4.52. The number of nitrogens with one attached hydrogen (secondary N) is 1. The van der Waals surface area contributed by atoms with Gasteiger partial charge >= 0.3 is 0 Å². The first-order chi connectivity index (χ1) is 12.0. The molecule has 1 fully saturated rings. The van der Waals surface area contributed by atoms with Crippen molar-refractivity contribution in [3.63, 3.8) is 0 Å². The van der Waals surface area contributed by atoms with Crippen LogP contribution < -0.4 is 20.5 Å². The molecule has 0 aliphatic carbocycles. The second-order valence-corrected chi connectivity index (χ2v) is 6.18. The molecule has 26 heavy (non-hydrogen) atoms. The Morgan fingerprint density at radius 1 is 1.27 bits per heavy atom. The van der Waals surface area contributed by atoms with Crippen LogP contribution in [0.2, 0.25) is 0 Å². The summed E-state index contributed by atoms with van der Waals surface area (Å²) in [7, 11) is 3.13. The number of benzene rings is 1. The Morgan fingerprint density at radius 2 is 1.88 bits per heavy atom. The van der Waals surface area contributed by atoms with Crippen molar-refractivity contribution in [3.8, 4) is 11.5 Å². The second kappa shape index (κ2) is 10.2. The summed E-state index contributed by atoms with van der Waals surface area (Å²) in [5.41, 5.74) is 6.77. The summed E-state index contributed by atoms with van der Waals surface area (Å²) in [6.07, 6.45) is 1.58. The highest BCUT2D eigenvalue weighted by Gasteiger charge is 2.29. The molecule has 1 aromatic rings. The van der Waals surface area contributed by atoms with Gasteiger partial charge in [0, 0.05) is 37.3 Å². The lowest BCUT2D eigenvalue weighted by Gasteiger charge is -2.32. The van der Waals surface area contributed by atoms with E-state index in [4.69, 9.17) is 15.2 Å². The van der Waals surface area contributed by atoms with Gasteiger partial charge in [0.15, 0.2) is 0 Å². The third-order valence-electron chi connectivity index (χ3n) is 4.52. The lowest BCUT2D eigenvalue weighted by atomic mass is 9.96. The summed E-state index contributed by atoms with van der Waals surface area (Å²) in [6, 6.07) is 3.44. The van der Waals surface area contributed by atoms with Gasteiger partial charge in [-0.3, -0.25) is 9.59 Å². The molecule has 1 aliphatic heterocycles. The molecule has 2 amide bonds. The number of nitrogens with two attached hydrogens (primary N) is 1. The molecule has 7 nitrogen and oxygen atoms in total. The lowest BCUT2D eigenvalue weighted by molar-refractivity contribution is -0.126. The van der Waals surface area contributed by atoms with Crippen molar-refractivity contribution in [3.05, 3.63) is 23.3 Å². The molecule has 1 unspecified atom stereocenters. The number of hydrogen-bond donors (Lipinski definition) is 2. The van der Waals surface area contributed by atoms with Crippen LogP contribution in [0.3, 0.4) is 0 Å². The van der Waals surface area contributed by atoms with Gasteiger partial charge in [-0.1, -0.05) is 0 Å². The van der Waals surface area contributed by atoms with Gasteiger partial charge in [-0.2, -0.15) is 0 Å². The van der Waals surface area contributed by atoms with Gasteiger partial charge in [0.05, 0.1) is 20.1 Å². The quantitative estimate of drug-likeness (QED) is 0.771. The molecule has 1 saturated heterocycles. The summed E-state index contributed by atoms with van der Waals surface area (Å²) < 4.78 is 10.7. The molecular weight excluding hydrogens is 358 g/mol. The number of amides is 2. The molecule has 3 N–H and O–H groups in total. The maximum absolute atomic E-state index is 12.9. The van der Waals surface area contributed by atoms with E-state index in [0.717, 1.165) is 18.4 Å². The molecule has 0 radical (unpaired) electrons. The summed E-state index contributed by atoms with van der Waals surface area (Å²) >= 11 is 0. The first-order valence-electron chi connectivity index (χ1n) is 8.51. The average Bonchev–Trinajstić information content (AvgIpc) is 2.65. The number of ether oxygens (including phenoxy) is 2. The minimum atomic E-state index is -0.196. The predicted octanol–water partition coefficient (Wildman–Crippen LogP) is 1.36. The van der Waals surface area contributed by atoms with Crippen LogP contribution in [0.15, 0.2) is 12.1 Å². The number of carbonyl (C=O) groups excluding carboxylic acids is 2. The zero-order valence-electron chi connectivity index (χ0n) is 15.5. The zero-order valence-corrected chi connectivity index (χ0v) is 16.4. The van der Waals surface area contributed by atoms with Crippen molar-refractivity contribution < 1.29 is 19.1 Å². The Labute approximate surface area is 160 Å². The standard InChI is InChI=1S/C18H27N3O4.ClH/c1-12-15(24-2)9-14(10-16(12)25-3)18(23)21-8-4-5-13(11-21)17(22)20-7-6-19;/h9-10,13H,4-8,11,19H2,1-3H3,(H,20,22);1H. The zero-order chi connectivity index (χ0) is 18.4. The maximum atomic E-state index is 12.9. The molecule has 1 aromatic carbocycles. The topological polar surface area (TPSA) is 93.9 Å². The van der Waals surface area contributed by atoms with Crippen LogP contribution in [0, 0.1) is 12.8 Å². The molecule has 0 aromatic heterocycles. The van der Waals surface area contributed by atoms with E-state index in [1.807, 2.05) is 6.92 Å². The summed E-state index contributed by atoms with van der Waals surface area (Å²) in [6.45, 7) is 3.79. The van der Waals surface area contributed by atoms with Crippen LogP contribution in [0.25, 0.3) is 0 Å². The van der Waals surface area contributed by atoms with E-state index in [0.29, 0.717) is 43.2 Å². The minimum absolute atomic E-state index is 0. The number of carbonyl (C=O) groups is 2. The maximum Gasteiger partial charge on any atom is 0.254 e. The van der Waals surface area contributed by atoms with E-state index in [9.17, 15) is 9.59 Å². The Bertz CT molecular complexity index is 614. The van der Waals surface area contributed by atoms with Crippen LogP contribution in [-0.4, -0.2) is 57.1 Å². The van der Waals surface area contributed by atoms with Gasteiger partial charge in [-0.15, -0.1) is 12.4 Å². The number of nitrogens with zero attached hydrogens (tertiary/aromatic N) is 1. The highest BCUT2D eigenvalue weighted by Crippen LogP contribution is 2.30. The van der Waals surface area contributed by atoms with E-state index < -0.39 is 0 Å². The highest BCUT2D eigenvalue weighted by atomic mass is 35.5. The Kier molecular flexibility index (Phi) is 8.68. The predicted molar refractivity (Wildman–Crippen MR) is 102 cm³/mol. The summed E-state index contributed by atoms with van der Waals surface area (Å²) in [5.74, 6) is 0.863. The SMILES string of the molecule is COc1cc(C(=O)N2CCCC(C(=O)NCCN)C2)cc(OC)c1C.Cl. The van der Waals surface area contributed by atoms with Gasteiger partial charge in [-0.25, -0.2) is 0 Å². The fourth-order valence-electron chi connectivity index (χ4n) is 3.11. The lowest BCUT2D eigenvalue weighted by Crippen LogP contribution is -2.46. The number of rotatable bonds is 6. The van der Waals surface area contributed by atoms with Gasteiger partial charge in [0.1, 0.15) is 11.5 Å². The van der Waals surface area contributed by atoms with Crippen LogP contribution in [0.5, 0.6) is 11.5 Å². The van der Waals surface area contributed by atoms with E-state index in [1.54, 1.807) is 31.3 Å². The van der Waals surface area contributed by atoms with Gasteiger partial charge in [0.2, 0.25) is 5.91 Å². The minimum Gasteiger partial charge on any atom is -0.496 e. The van der Waals surface area contributed by atoms with Crippen LogP contribution in [0.4, 0.5) is 0 Å². The van der Waals surface area contributed by atoms with E-state index in [2.05, 4.69) is 5.32 Å². The van der Waals surface area contributed by atoms with Crippen LogP contribution >= 0.6 is 12.4 Å². The fourth-order valence-corrected chi connectivity index (χ4v) is 3.11. The van der Waals surface area contributed by atoms with Gasteiger partial charge < -0.3 is 25.4 Å². The van der Waals surface area contributed by atoms with Crippen molar-refractivity contribution >= 4 is 24.2 Å². The Hall–Kier alpha value is -1.99. The smallest absolute Gasteiger partial charge is 0.254 e. The number of hydrogen-bond acceptors (Lipinski definition) is 5. The van der Waals surface area contributed by atoms with Crippen molar-refractivity contribution in [2.75, 3.05) is 40.4 Å². The van der Waals surface area contributed by atoms with Gasteiger partial charge in [-0.05, 0) is 31.9 Å². The molecule has 0 spiro atoms. The molecule has 146 valence electrons. The van der Waals surface area contributed by atoms with Crippen molar-refractivity contribution in [2.24, 2.45) is 11.7 Å². The molecular formula is C18H28ClN3O4. The summed E-state index contributed by atoms with van der Waals surface area (Å²) in [4.78, 5) is 26.8. The number of methoxy groups -OCH3 is 2. The second-order valence-electron chi connectivity index (χ2n) is 6.18. The third kappa shape index (κ3) is 5.02. The molecule has 1 atom stereocenters. The Morgan fingerprint density at radius 3 is 2.42 bits per heavy atom. The van der Waals surface area contributed by atoms with Crippen LogP contribution in [0.1, 0.15) is 28.8 Å². The van der Waals surface area contributed by atoms with E-state index in [-0.39, 0.29) is 30.1 Å². The van der Waals surface area contributed by atoms with E-state index in [1.165, 1.54) is 0 Å². The number of likely N-dealkylation sites (tertiary alicyclic amines) is 1. The van der Waals surface area contributed by atoms with Gasteiger partial charge in [0.25, 0.3) is 5.91 Å². The largest absolute Gasteiger partial charge is 0.496 e. The van der Waals surface area contributed by atoms with Crippen molar-refractivity contribution in [1.29, 1.82) is 0 Å². The molecule has 1 heterocycles. The molecule has 1 aliphatic rings. The highest BCUT2D eigenvalue weighted by molar-refractivity contribution is 5.96. The first-order valence-corrected chi connectivity index (χ1v) is 8.51. The number of halogens is 1. The normalized spacial score (nSPS) is 16.5. The average molecular weight is 386 g/mol. The fraction of sp³-hybridized carbons (Fsp3) is 0.556. The monoisotopic (exact) mass is 385 g/mol. The molecule has 0 saturated carbocycles. The summed E-state index contributed by atoms with van der Waals surface area (Å²) in [5, 5.41) is 2.80. The molecule has 8 heteroatoms. The molecule has 2 rings (SSSR count).